The molecule has 0 aliphatic carbocycles. The quantitative estimate of drug-likeness (QED) is 0.173. The van der Waals surface area contributed by atoms with Crippen molar-refractivity contribution in [3.63, 3.8) is 0 Å². The Bertz CT molecular complexity index is 232. The van der Waals surface area contributed by atoms with Crippen LogP contribution in [0.25, 0.3) is 0 Å². The number of thiocarbonyl (C=S) groups is 2. The second-order valence-corrected chi connectivity index (χ2v) is 4.81. The van der Waals surface area contributed by atoms with E-state index in [9.17, 15) is 0 Å². The predicted octanol–water partition coefficient (Wildman–Crippen LogP) is -3.36. The van der Waals surface area contributed by atoms with E-state index in [1.54, 1.807) is 6.92 Å². The summed E-state index contributed by atoms with van der Waals surface area (Å²) in [5.41, 5.74) is 0. The summed E-state index contributed by atoms with van der Waals surface area (Å²) in [6.45, 7) is 10.2. The molecule has 2 N–H and O–H groups in total. The van der Waals surface area contributed by atoms with E-state index >= 15 is 0 Å². The molecule has 20 heavy (non-hydrogen) atoms. The van der Waals surface area contributed by atoms with Gasteiger partial charge in [-0.05, 0) is 26.5 Å². The molecular weight excluding hydrogens is 348 g/mol. The van der Waals surface area contributed by atoms with Crippen molar-refractivity contribution in [2.24, 2.45) is 0 Å². The van der Waals surface area contributed by atoms with Gasteiger partial charge in [0, 0.05) is 19.6 Å². The van der Waals surface area contributed by atoms with Crippen LogP contribution in [0, 0.1) is 5.41 Å². The summed E-state index contributed by atoms with van der Waals surface area (Å²) in [6.07, 6.45) is 2.20. The molecule has 0 amide bonds. The van der Waals surface area contributed by atoms with Crippen LogP contribution >= 0.6 is 24.4 Å². The van der Waals surface area contributed by atoms with Gasteiger partial charge >= 0.3 is 59.1 Å². The molecule has 0 atom stereocenters. The molecule has 3 nitrogen and oxygen atoms in total. The fourth-order valence-corrected chi connectivity index (χ4v) is 1.48. The van der Waals surface area contributed by atoms with Gasteiger partial charge in [-0.1, -0.05) is 22.5 Å². The van der Waals surface area contributed by atoms with E-state index in [-0.39, 0.29) is 59.1 Å². The van der Waals surface area contributed by atoms with E-state index in [2.05, 4.69) is 5.32 Å². The zero-order valence-corrected chi connectivity index (χ0v) is 20.8. The molecule has 0 spiro atoms. The monoisotopic (exact) mass is 371 g/mol. The Morgan fingerprint density at radius 3 is 1.90 bits per heavy atom. The van der Waals surface area contributed by atoms with Crippen molar-refractivity contribution < 1.29 is 59.1 Å². The van der Waals surface area contributed by atoms with Crippen molar-refractivity contribution in [3.05, 3.63) is 0 Å². The first-order valence-electron chi connectivity index (χ1n) is 5.85. The van der Waals surface area contributed by atoms with Crippen LogP contribution in [0.15, 0.2) is 0 Å². The van der Waals surface area contributed by atoms with Crippen LogP contribution in [0.5, 0.6) is 0 Å². The summed E-state index contributed by atoms with van der Waals surface area (Å²) in [4.78, 5) is 1.97. The van der Waals surface area contributed by atoms with Gasteiger partial charge in [0.1, 0.15) is 0 Å². The minimum Gasteiger partial charge on any atom is -0.412 e. The third kappa shape index (κ3) is 32.0. The van der Waals surface area contributed by atoms with Gasteiger partial charge in [-0.3, -0.25) is 0 Å². The SMILES string of the molecule is CC.CC=N.CCN(CCCNC(=S)[S-])C(=S)[S-].[Na+].[Na+]. The molecule has 9 heteroatoms. The van der Waals surface area contributed by atoms with Crippen LogP contribution < -0.4 is 64.4 Å². The maximum Gasteiger partial charge on any atom is 1.00 e. The fourth-order valence-electron chi connectivity index (χ4n) is 0.839. The van der Waals surface area contributed by atoms with Crippen LogP contribution in [0.3, 0.4) is 0 Å². The van der Waals surface area contributed by atoms with Gasteiger partial charge < -0.3 is 65.3 Å². The Morgan fingerprint density at radius 2 is 1.65 bits per heavy atom. The second kappa shape index (κ2) is 29.0. The van der Waals surface area contributed by atoms with Crippen molar-refractivity contribution in [2.45, 2.75) is 34.1 Å². The summed E-state index contributed by atoms with van der Waals surface area (Å²) >= 11 is 19.2. The molecule has 0 saturated carbocycles. The number of nitrogens with zero attached hydrogens (tertiary/aromatic N) is 1. The van der Waals surface area contributed by atoms with Crippen molar-refractivity contribution >= 4 is 64.5 Å². The van der Waals surface area contributed by atoms with E-state index in [0.29, 0.717) is 8.64 Å². The minimum absolute atomic E-state index is 0. The molecule has 0 radical (unpaired) electrons. The minimum atomic E-state index is 0. The standard InChI is InChI=1S/C7H14N2S4.C2H5N.C2H6.2Na/c1-2-9(7(12)13)5-3-4-8-6(10)11;1-2-3;1-2;;/h2-5H2,1H3,(H,12,13)(H2,8,10,11);2-3H,1H3;1-2H3;;/q;;;2*+1/p-2. The van der Waals surface area contributed by atoms with E-state index in [1.165, 1.54) is 6.21 Å². The van der Waals surface area contributed by atoms with E-state index in [4.69, 9.17) is 55.1 Å². The van der Waals surface area contributed by atoms with Crippen LogP contribution in [-0.4, -0.2) is 39.4 Å². The zero-order valence-electron chi connectivity index (χ0n) is 13.5. The average Bonchev–Trinajstić information content (AvgIpc) is 2.32. The fraction of sp³-hybridized carbons (Fsp3) is 0.727. The molecule has 0 bridgehead atoms. The van der Waals surface area contributed by atoms with Crippen molar-refractivity contribution in [1.29, 1.82) is 5.41 Å². The first-order valence-corrected chi connectivity index (χ1v) is 7.48. The van der Waals surface area contributed by atoms with Gasteiger partial charge in [-0.25, -0.2) is 0 Å². The van der Waals surface area contributed by atoms with E-state index < -0.39 is 0 Å². The van der Waals surface area contributed by atoms with Gasteiger partial charge in [-0.2, -0.15) is 0 Å². The molecular formula is C11H23N3Na2S4. The molecule has 108 valence electrons. The van der Waals surface area contributed by atoms with Crippen LogP contribution in [-0.2, 0) is 25.3 Å². The average molecular weight is 372 g/mol. The third-order valence-corrected chi connectivity index (χ3v) is 2.32. The topological polar surface area (TPSA) is 39.1 Å². The van der Waals surface area contributed by atoms with Gasteiger partial charge in [0.2, 0.25) is 0 Å². The second-order valence-electron chi connectivity index (χ2n) is 2.70. The Morgan fingerprint density at radius 1 is 1.25 bits per heavy atom. The maximum atomic E-state index is 6.08. The molecule has 0 saturated heterocycles. The summed E-state index contributed by atoms with van der Waals surface area (Å²) in [7, 11) is 0. The third-order valence-electron chi connectivity index (χ3n) is 1.51. The molecule has 0 aromatic carbocycles. The van der Waals surface area contributed by atoms with Crippen molar-refractivity contribution in [1.82, 2.24) is 10.2 Å². The maximum absolute atomic E-state index is 6.08. The molecule has 0 aliphatic rings. The first-order chi connectivity index (χ1) is 8.49. The summed E-state index contributed by atoms with van der Waals surface area (Å²) in [5, 5.41) is 8.99. The van der Waals surface area contributed by atoms with Crippen LogP contribution in [0.1, 0.15) is 34.1 Å². The Kier molecular flexibility index (Phi) is 48.5. The zero-order chi connectivity index (χ0) is 15.0. The van der Waals surface area contributed by atoms with E-state index in [1.807, 2.05) is 25.7 Å². The van der Waals surface area contributed by atoms with E-state index in [0.717, 1.165) is 26.1 Å². The summed E-state index contributed by atoms with van der Waals surface area (Å²) < 4.78 is 0.951. The van der Waals surface area contributed by atoms with Gasteiger partial charge in [0.15, 0.2) is 0 Å². The smallest absolute Gasteiger partial charge is 0.412 e. The summed E-state index contributed by atoms with van der Waals surface area (Å²) in [6, 6.07) is 0. The Balaban J connectivity index is -0.0000000944. The van der Waals surface area contributed by atoms with Crippen molar-refractivity contribution in [3.8, 4) is 0 Å². The van der Waals surface area contributed by atoms with Gasteiger partial charge in [0.25, 0.3) is 0 Å². The number of hydrogen-bond donors (Lipinski definition) is 2. The number of hydrogen-bond acceptors (Lipinski definition) is 5. The number of nitrogens with one attached hydrogen (secondary N) is 2. The Hall–Kier alpha value is 1.89. The molecule has 0 aromatic heterocycles. The number of rotatable bonds is 5. The van der Waals surface area contributed by atoms with Gasteiger partial charge in [-0.15, -0.1) is 0 Å². The molecule has 0 aliphatic heterocycles. The molecule has 0 rings (SSSR count). The molecule has 0 fully saturated rings. The normalized spacial score (nSPS) is 7.00. The molecule has 0 heterocycles. The predicted molar refractivity (Wildman–Crippen MR) is 95.6 cm³/mol. The van der Waals surface area contributed by atoms with Crippen molar-refractivity contribution in [2.75, 3.05) is 19.6 Å². The molecule has 0 unspecified atom stereocenters. The van der Waals surface area contributed by atoms with Gasteiger partial charge in [0.05, 0.1) is 0 Å². The summed E-state index contributed by atoms with van der Waals surface area (Å²) in [5.74, 6) is 0. The molecule has 0 aromatic rings. The van der Waals surface area contributed by atoms with Crippen LogP contribution in [0.2, 0.25) is 0 Å². The Labute approximate surface area is 190 Å². The first kappa shape index (κ1) is 33.5. The van der Waals surface area contributed by atoms with Crippen LogP contribution in [0.4, 0.5) is 0 Å². The largest absolute Gasteiger partial charge is 1.00 e.